The topological polar surface area (TPSA) is 262 Å². The highest BCUT2D eigenvalue weighted by Gasteiger charge is 2.45. The van der Waals surface area contributed by atoms with Crippen LogP contribution in [0.1, 0.15) is 108 Å². The number of carbonyl (C=O) groups is 4. The summed E-state index contributed by atoms with van der Waals surface area (Å²) in [6.45, 7) is 0. The van der Waals surface area contributed by atoms with Crippen LogP contribution < -0.4 is 0 Å². The molecule has 0 fully saturated rings. The fourth-order valence-corrected chi connectivity index (χ4v) is 12.5. The van der Waals surface area contributed by atoms with Crippen LogP contribution in [-0.2, 0) is 24.7 Å². The van der Waals surface area contributed by atoms with E-state index in [2.05, 4.69) is 34.9 Å². The summed E-state index contributed by atoms with van der Waals surface area (Å²) in [4.78, 5) is 73.3. The molecule has 0 aliphatic carbocycles. The number of aromatic hydroxyl groups is 4. The predicted octanol–water partition coefficient (Wildman–Crippen LogP) is 19.4. The lowest BCUT2D eigenvalue weighted by Gasteiger charge is -2.14. The van der Waals surface area contributed by atoms with E-state index in [1.54, 1.807) is 0 Å². The van der Waals surface area contributed by atoms with Gasteiger partial charge in [-0.3, -0.25) is 19.2 Å². The summed E-state index contributed by atoms with van der Waals surface area (Å²) in [6.07, 6.45) is -19.6. The lowest BCUT2D eigenvalue weighted by Crippen LogP contribution is -2.13. The number of hydrogen-bond acceptors (Lipinski definition) is 8. The molecule has 41 heteroatoms. The second-order valence-corrected chi connectivity index (χ2v) is 24.8. The number of benzene rings is 8. The molecule has 0 spiro atoms. The second kappa shape index (κ2) is 29.3. The van der Waals surface area contributed by atoms with Gasteiger partial charge in [0.15, 0.2) is 70.1 Å². The molecule has 4 aliphatic heterocycles. The van der Waals surface area contributed by atoms with E-state index in [9.17, 15) is 149 Å². The normalized spacial score (nSPS) is 13.6. The number of fused-ring (bicyclic) bond motifs is 4. The molecule has 598 valence electrons. The molecule has 4 aliphatic rings. The van der Waals surface area contributed by atoms with E-state index in [-0.39, 0.29) is 97.1 Å². The summed E-state index contributed by atoms with van der Waals surface area (Å²) < 4.78 is 333. The summed E-state index contributed by atoms with van der Waals surface area (Å²) in [5.74, 6) is -31.7. The fraction of sp³-hybridized carbons (Fsp3) is 0.0526. The Hall–Kier alpha value is -14.3. The number of hydrogen-bond donors (Lipinski definition) is 8. The molecular formula is C76H31F25N8O8. The molecule has 12 aromatic rings. The van der Waals surface area contributed by atoms with E-state index in [0.29, 0.717) is 11.1 Å². The van der Waals surface area contributed by atoms with E-state index in [4.69, 9.17) is 0 Å². The highest BCUT2D eigenvalue weighted by Crippen LogP contribution is 2.47. The van der Waals surface area contributed by atoms with Crippen LogP contribution in [0.15, 0.2) is 159 Å². The largest absolute Gasteiger partial charge is 0.494 e. The van der Waals surface area contributed by atoms with E-state index in [1.165, 1.54) is 84.9 Å². The summed E-state index contributed by atoms with van der Waals surface area (Å²) in [5, 5.41) is 40.8. The average Bonchev–Trinajstić information content (AvgIpc) is 1.53. The number of nitrogens with one attached hydrogen (secondary N) is 4. The molecule has 8 aromatic carbocycles. The Kier molecular flexibility index (Phi) is 20.2. The van der Waals surface area contributed by atoms with Gasteiger partial charge in [0.2, 0.25) is 11.6 Å². The number of nitrogens with zero attached hydrogens (tertiary/aromatic N) is 4. The zero-order chi connectivity index (χ0) is 85.2. The minimum atomic E-state index is -5.28. The van der Waals surface area contributed by atoms with Gasteiger partial charge in [-0.25, -0.2) is 77.0 Å². The van der Waals surface area contributed by atoms with Crippen LogP contribution in [0.25, 0.3) is 45.0 Å². The van der Waals surface area contributed by atoms with Gasteiger partial charge in [0, 0.05) is 16.7 Å². The maximum atomic E-state index is 14.3. The van der Waals surface area contributed by atoms with Crippen LogP contribution >= 0.6 is 0 Å². The maximum Gasteiger partial charge on any atom is 0.416 e. The van der Waals surface area contributed by atoms with Gasteiger partial charge < -0.3 is 40.4 Å². The Morgan fingerprint density at radius 2 is 0.479 bits per heavy atom. The molecule has 8 N–H and O–H groups in total. The number of aromatic amines is 4. The van der Waals surface area contributed by atoms with Crippen molar-refractivity contribution in [1.29, 1.82) is 0 Å². The molecule has 0 saturated carbocycles. The molecule has 4 aromatic heterocycles. The van der Waals surface area contributed by atoms with E-state index < -0.39 is 214 Å². The first kappa shape index (κ1) is 80.7. The molecule has 8 heterocycles. The van der Waals surface area contributed by atoms with Gasteiger partial charge in [0.1, 0.15) is 17.5 Å². The highest BCUT2D eigenvalue weighted by molar-refractivity contribution is 6.33. The van der Waals surface area contributed by atoms with E-state index >= 15 is 0 Å². The Labute approximate surface area is 631 Å². The summed E-state index contributed by atoms with van der Waals surface area (Å²) in [6, 6.07) is 23.7. The predicted molar refractivity (Wildman–Crippen MR) is 357 cm³/mol. The summed E-state index contributed by atoms with van der Waals surface area (Å²) in [7, 11) is 0. The number of halogens is 25. The van der Waals surface area contributed by atoms with Crippen molar-refractivity contribution in [1.82, 2.24) is 19.9 Å². The molecular weight excluding hydrogens is 1630 g/mol. The molecule has 0 bridgehead atoms. The van der Waals surface area contributed by atoms with Crippen molar-refractivity contribution in [3.05, 3.63) is 304 Å². The first-order valence-corrected chi connectivity index (χ1v) is 32.1. The lowest BCUT2D eigenvalue weighted by atomic mass is 9.97. The third kappa shape index (κ3) is 14.5. The van der Waals surface area contributed by atoms with Crippen molar-refractivity contribution in [3.63, 3.8) is 0 Å². The van der Waals surface area contributed by atoms with Crippen LogP contribution in [0.5, 0.6) is 23.5 Å². The van der Waals surface area contributed by atoms with Gasteiger partial charge in [-0.15, -0.1) is 0 Å². The number of aliphatic imine (C=N–C) groups is 4. The van der Waals surface area contributed by atoms with Crippen LogP contribution in [0.2, 0.25) is 0 Å². The minimum absolute atomic E-state index is 0.0221. The van der Waals surface area contributed by atoms with Gasteiger partial charge in [-0.2, -0.15) is 52.7 Å². The quantitative estimate of drug-likeness (QED) is 0.0411. The van der Waals surface area contributed by atoms with Crippen LogP contribution in [-0.4, -0.2) is 86.8 Å². The third-order valence-electron chi connectivity index (χ3n) is 17.7. The molecule has 16 rings (SSSR count). The highest BCUT2D eigenvalue weighted by atomic mass is 19.4. The smallest absolute Gasteiger partial charge is 0.416 e. The van der Waals surface area contributed by atoms with Crippen molar-refractivity contribution < 1.29 is 149 Å². The third-order valence-corrected chi connectivity index (χ3v) is 17.7. The number of aromatic nitrogens is 4. The summed E-state index contributed by atoms with van der Waals surface area (Å²) in [5.41, 5.74) is -13.1. The molecule has 0 radical (unpaired) electrons. The first-order valence-electron chi connectivity index (χ1n) is 32.1. The molecule has 0 saturated heterocycles. The van der Waals surface area contributed by atoms with Gasteiger partial charge in [0.05, 0.1) is 124 Å². The average molecular weight is 1660 g/mol. The van der Waals surface area contributed by atoms with Crippen LogP contribution in [0, 0.1) is 75.6 Å². The zero-order valence-corrected chi connectivity index (χ0v) is 56.4. The monoisotopic (exact) mass is 1660 g/mol. The van der Waals surface area contributed by atoms with Gasteiger partial charge >= 0.3 is 24.7 Å². The van der Waals surface area contributed by atoms with Crippen molar-refractivity contribution in [2.24, 2.45) is 20.0 Å². The second-order valence-electron chi connectivity index (χ2n) is 24.8. The Morgan fingerprint density at radius 3 is 0.786 bits per heavy atom. The molecule has 4 amide bonds. The minimum Gasteiger partial charge on any atom is -0.494 e. The number of amides is 4. The van der Waals surface area contributed by atoms with Gasteiger partial charge in [0.25, 0.3) is 23.6 Å². The van der Waals surface area contributed by atoms with Crippen LogP contribution in [0.3, 0.4) is 0 Å². The van der Waals surface area contributed by atoms with Crippen molar-refractivity contribution in [2.75, 3.05) is 0 Å². The number of alkyl halides is 12. The molecule has 0 atom stereocenters. The standard InChI is InChI=1S/C20H5F11N2O2.2C19H10F4N2O2.C18H6F6N2O2/c21-10-9(11(22)13(24)14(25)12(10)23)16-8-7(17(34)33-16)15(32-18(8)35)4-1-5(19(26,27)28)3-6(2-4)20(29,30)31;20-12-7-3-10(4-8-12)16-14-13(17(26)25-16)15(24-18(14)27)9-1-5-11(6-2-9)19(21,22)23;20-12-6-4-9(5-7-12)15-13-14(18(27)24-15)16(25-17(13)26)10-2-1-3-11(8-10)19(21,22)23;19-6-3-1-5(2-4-6)15-7-8(18(28)25-15)16(26-17(7)27)9-10(20)12(22)14(24)13(23)11(9)21/h1-3,32,35H;2*1-8,25-26H;1-4,25,28H. The number of H-pyrrole nitrogens is 4. The fourth-order valence-electron chi connectivity index (χ4n) is 12.5. The SMILES string of the molecule is O=C1N=C(c2c(F)c(F)c(F)c(F)c2F)c2c(O)[nH]c(-c3cc(C(F)(F)F)cc(C(F)(F)F)c3)c21.O=C1N=C(c2c(F)c(F)c(F)c(F)c2F)c2c(O)[nH]c(-c3ccc(F)cc3)c21.O=C1N=C(c2ccc(C(F)(F)F)cc2)c2c(O)[nH]c(-c3ccc(F)cc3)c21.O=C1N=C(c2ccc(F)cc2)c2c(O)[nH]c(-c3cccc(C(F)(F)F)c3)c21. The lowest BCUT2D eigenvalue weighted by molar-refractivity contribution is -0.143. The Morgan fingerprint density at radius 1 is 0.231 bits per heavy atom. The number of carbonyl (C=O) groups excluding carboxylic acids is 4. The van der Waals surface area contributed by atoms with Crippen molar-refractivity contribution >= 4 is 46.5 Å². The maximum absolute atomic E-state index is 14.3. The van der Waals surface area contributed by atoms with Gasteiger partial charge in [-0.1, -0.05) is 24.3 Å². The Bertz CT molecular complexity index is 6260. The zero-order valence-electron chi connectivity index (χ0n) is 56.4. The number of rotatable bonds is 8. The molecule has 16 nitrogen and oxygen atoms in total. The van der Waals surface area contributed by atoms with Crippen molar-refractivity contribution in [2.45, 2.75) is 24.7 Å². The molecule has 0 unspecified atom stereocenters. The summed E-state index contributed by atoms with van der Waals surface area (Å²) >= 11 is 0. The van der Waals surface area contributed by atoms with Crippen molar-refractivity contribution in [3.8, 4) is 68.5 Å². The van der Waals surface area contributed by atoms with Gasteiger partial charge in [-0.05, 0) is 132 Å². The van der Waals surface area contributed by atoms with E-state index in [1.807, 2.05) is 4.98 Å². The molecule has 117 heavy (non-hydrogen) atoms. The van der Waals surface area contributed by atoms with Crippen LogP contribution in [0.4, 0.5) is 110 Å². The van der Waals surface area contributed by atoms with E-state index in [0.717, 1.165) is 36.4 Å². The first-order chi connectivity index (χ1) is 54.8. The Balaban J connectivity index is 0.000000136.